The molecule has 5 aliphatic rings. The van der Waals surface area contributed by atoms with E-state index < -0.39 is 23.1 Å². The molecule has 0 aliphatic heterocycles. The molecule has 0 radical (unpaired) electrons. The minimum absolute atomic E-state index is 0. The Hall–Kier alpha value is 0.0948. The first kappa shape index (κ1) is 33.6. The Morgan fingerprint density at radius 3 is 2.00 bits per heavy atom. The predicted octanol–water partition coefficient (Wildman–Crippen LogP) is 6.40. The molecule has 0 aromatic carbocycles. The molecule has 214 valence electrons. The number of ether oxygens (including phenoxy) is 1. The van der Waals surface area contributed by atoms with E-state index in [0.717, 1.165) is 37.5 Å². The quantitative estimate of drug-likeness (QED) is 0.232. The topological polar surface area (TPSA) is 83.8 Å². The number of fused-ring (bicyclic) bond motifs is 7. The monoisotopic (exact) mass is 532 g/mol. The van der Waals surface area contributed by atoms with Crippen LogP contribution in [0.25, 0.3) is 0 Å². The molecule has 11 atom stereocenters. The summed E-state index contributed by atoms with van der Waals surface area (Å²) < 4.78 is 4.76. The molecule has 5 aliphatic carbocycles. The van der Waals surface area contributed by atoms with Gasteiger partial charge in [-0.15, -0.1) is 0 Å². The van der Waals surface area contributed by atoms with Crippen LogP contribution in [0.4, 0.5) is 4.79 Å². The summed E-state index contributed by atoms with van der Waals surface area (Å²) in [4.78, 5) is 24.8. The summed E-state index contributed by atoms with van der Waals surface area (Å²) in [5.41, 5.74) is -2.00. The van der Waals surface area contributed by atoms with E-state index in [1.807, 2.05) is 0 Å². The van der Waals surface area contributed by atoms with Gasteiger partial charge in [-0.25, -0.2) is 9.59 Å². The van der Waals surface area contributed by atoms with Crippen molar-refractivity contribution in [2.75, 3.05) is 0 Å². The summed E-state index contributed by atoms with van der Waals surface area (Å²) >= 11 is 0. The summed E-state index contributed by atoms with van der Waals surface area (Å²) in [6.45, 7) is 19.3. The van der Waals surface area contributed by atoms with Gasteiger partial charge in [0, 0.05) is 5.41 Å². The zero-order valence-electron chi connectivity index (χ0n) is 24.7. The van der Waals surface area contributed by atoms with Gasteiger partial charge in [-0.3, -0.25) is 0 Å². The third-order valence-electron chi connectivity index (χ3n) is 14.6. The van der Waals surface area contributed by atoms with Crippen LogP contribution < -0.4 is 0 Å². The number of esters is 1. The molecule has 0 bridgehead atoms. The Morgan fingerprint density at radius 2 is 1.38 bits per heavy atom. The van der Waals surface area contributed by atoms with Gasteiger partial charge < -0.3 is 14.9 Å². The molecule has 0 spiro atoms. The Bertz CT molecular complexity index is 986. The molecule has 2 N–H and O–H groups in total. The van der Waals surface area contributed by atoms with Crippen molar-refractivity contribution in [1.29, 1.82) is 0 Å². The zero-order chi connectivity index (χ0) is 27.4. The van der Waals surface area contributed by atoms with E-state index in [1.54, 1.807) is 0 Å². The third-order valence-corrected chi connectivity index (χ3v) is 14.6. The molecule has 5 saturated carbocycles. The standard InChI is InChI=1S/C32H52O5.2Li.2H/c1-19-11-13-28(5)16-17-29(6)21(24(28)20(19)2)9-10-23-30(29,7)14-12-22-27(3,4)15-18-32(36,31(22,23)8)25(33)37-26(34)35;;;;/h19-24,36H,9-18H2,1-8H3,(H,34,35);;;;/t19-,20+,21-,22+,23+,24+,28-,29-,30-,31+,32?;;;;/m1..../s1. The SMILES string of the molecule is C[C@@H]1[C@H]2[C@H]3CC[C@@H]4[C@]5(C)[C@@H](CC[C@@]4(C)[C@]3(C)CC[C@@]2(C)CC[C@H]1C)C(C)(C)CCC5(O)C(=O)OC(=O)O.[LiH].[LiH]. The fourth-order valence-electron chi connectivity index (χ4n) is 12.1. The molecule has 1 unspecified atom stereocenters. The van der Waals surface area contributed by atoms with Crippen LogP contribution in [-0.4, -0.2) is 65.7 Å². The first-order valence-electron chi connectivity index (χ1n) is 15.2. The molecular formula is C32H54Li2O5. The predicted molar refractivity (Wildman–Crippen MR) is 158 cm³/mol. The van der Waals surface area contributed by atoms with Crippen molar-refractivity contribution in [1.82, 2.24) is 0 Å². The average molecular weight is 533 g/mol. The molecule has 0 aromatic heterocycles. The van der Waals surface area contributed by atoms with Crippen LogP contribution in [-0.2, 0) is 9.53 Å². The fourth-order valence-corrected chi connectivity index (χ4v) is 12.1. The number of aliphatic hydroxyl groups is 1. The van der Waals surface area contributed by atoms with Crippen LogP contribution in [0, 0.1) is 62.6 Å². The van der Waals surface area contributed by atoms with E-state index in [0.29, 0.717) is 23.7 Å². The fraction of sp³-hybridized carbons (Fsp3) is 0.938. The molecule has 39 heavy (non-hydrogen) atoms. The minimum atomic E-state index is -1.78. The van der Waals surface area contributed by atoms with Crippen molar-refractivity contribution in [2.45, 2.75) is 125 Å². The molecule has 0 aromatic rings. The number of carboxylic acid groups (broad SMARTS) is 1. The van der Waals surface area contributed by atoms with Crippen molar-refractivity contribution in [2.24, 2.45) is 62.6 Å². The number of carbonyl (C=O) groups excluding carboxylic acids is 1. The van der Waals surface area contributed by atoms with Gasteiger partial charge in [0.15, 0.2) is 5.60 Å². The first-order chi connectivity index (χ1) is 17.0. The molecule has 0 saturated heterocycles. The third kappa shape index (κ3) is 4.33. The number of carbonyl (C=O) groups is 2. The Balaban J connectivity index is 0.00000210. The second-order valence-electron chi connectivity index (χ2n) is 16.0. The zero-order valence-corrected chi connectivity index (χ0v) is 24.7. The molecular weight excluding hydrogens is 478 g/mol. The van der Waals surface area contributed by atoms with Gasteiger partial charge in [-0.1, -0.05) is 55.4 Å². The van der Waals surface area contributed by atoms with Gasteiger partial charge in [-0.05, 0) is 121 Å². The molecule has 7 heteroatoms. The van der Waals surface area contributed by atoms with Crippen LogP contribution in [0.2, 0.25) is 0 Å². The molecule has 5 rings (SSSR count). The van der Waals surface area contributed by atoms with E-state index in [1.165, 1.54) is 25.7 Å². The number of hydrogen-bond acceptors (Lipinski definition) is 4. The van der Waals surface area contributed by atoms with Crippen LogP contribution in [0.15, 0.2) is 0 Å². The average Bonchev–Trinajstić information content (AvgIpc) is 2.80. The van der Waals surface area contributed by atoms with Crippen molar-refractivity contribution < 1.29 is 24.5 Å². The Labute approximate surface area is 261 Å². The molecule has 0 heterocycles. The summed E-state index contributed by atoms with van der Waals surface area (Å²) in [7, 11) is 0. The van der Waals surface area contributed by atoms with Crippen LogP contribution >= 0.6 is 0 Å². The van der Waals surface area contributed by atoms with E-state index in [-0.39, 0.29) is 72.2 Å². The van der Waals surface area contributed by atoms with Crippen molar-refractivity contribution in [3.05, 3.63) is 0 Å². The maximum atomic E-state index is 13.4. The van der Waals surface area contributed by atoms with Crippen molar-refractivity contribution >= 4 is 49.8 Å². The Morgan fingerprint density at radius 1 is 0.744 bits per heavy atom. The summed E-state index contributed by atoms with van der Waals surface area (Å²) in [5.74, 6) is 2.18. The van der Waals surface area contributed by atoms with Crippen LogP contribution in [0.3, 0.4) is 0 Å². The number of rotatable bonds is 1. The second kappa shape index (κ2) is 10.4. The Kier molecular flexibility index (Phi) is 8.93. The number of hydrogen-bond donors (Lipinski definition) is 2. The molecule has 0 amide bonds. The van der Waals surface area contributed by atoms with Gasteiger partial charge in [0.1, 0.15) is 0 Å². The van der Waals surface area contributed by atoms with Crippen LogP contribution in [0.1, 0.15) is 120 Å². The second-order valence-corrected chi connectivity index (χ2v) is 16.0. The van der Waals surface area contributed by atoms with Gasteiger partial charge in [0.2, 0.25) is 0 Å². The van der Waals surface area contributed by atoms with Gasteiger partial charge >= 0.3 is 49.8 Å². The normalized spacial score (nSPS) is 51.8. The summed E-state index contributed by atoms with van der Waals surface area (Å²) in [6, 6.07) is 0. The maximum absolute atomic E-state index is 13.4. The van der Waals surface area contributed by atoms with Gasteiger partial charge in [0.05, 0.1) is 0 Å². The van der Waals surface area contributed by atoms with Crippen molar-refractivity contribution in [3.63, 3.8) is 0 Å². The first-order valence-corrected chi connectivity index (χ1v) is 15.2. The van der Waals surface area contributed by atoms with Gasteiger partial charge in [0.25, 0.3) is 0 Å². The molecule has 5 fully saturated rings. The van der Waals surface area contributed by atoms with Crippen molar-refractivity contribution in [3.8, 4) is 0 Å². The van der Waals surface area contributed by atoms with E-state index in [4.69, 9.17) is 4.74 Å². The summed E-state index contributed by atoms with van der Waals surface area (Å²) in [5, 5.41) is 21.6. The van der Waals surface area contributed by atoms with E-state index in [9.17, 15) is 19.8 Å². The van der Waals surface area contributed by atoms with E-state index in [2.05, 4.69) is 55.4 Å². The van der Waals surface area contributed by atoms with E-state index >= 15 is 0 Å². The summed E-state index contributed by atoms with van der Waals surface area (Å²) in [6.07, 6.45) is 8.71. The van der Waals surface area contributed by atoms with Gasteiger partial charge in [-0.2, -0.15) is 0 Å². The van der Waals surface area contributed by atoms with Crippen LogP contribution in [0.5, 0.6) is 0 Å². The molecule has 5 nitrogen and oxygen atoms in total.